The molecular formula is C19H15Cl3N2O3S. The molecule has 0 unspecified atom stereocenters. The first-order valence-electron chi connectivity index (χ1n) is 8.30. The molecule has 0 fully saturated rings. The van der Waals surface area contributed by atoms with Crippen molar-refractivity contribution in [3.63, 3.8) is 0 Å². The van der Waals surface area contributed by atoms with Crippen LogP contribution in [0.2, 0.25) is 15.1 Å². The van der Waals surface area contributed by atoms with Gasteiger partial charge in [-0.25, -0.2) is 0 Å². The number of hydrogen-bond acceptors (Lipinski definition) is 4. The van der Waals surface area contributed by atoms with Crippen molar-refractivity contribution in [3.8, 4) is 0 Å². The molecule has 0 bridgehead atoms. The summed E-state index contributed by atoms with van der Waals surface area (Å²) in [7, 11) is 0. The van der Waals surface area contributed by atoms with Gasteiger partial charge in [-0.15, -0.1) is 0 Å². The summed E-state index contributed by atoms with van der Waals surface area (Å²) in [6.07, 6.45) is 0. The first-order valence-corrected chi connectivity index (χ1v) is 10.2. The molecular weight excluding hydrogens is 443 g/mol. The number of fused-ring (bicyclic) bond motifs is 1. The summed E-state index contributed by atoms with van der Waals surface area (Å²) < 4.78 is 7.54. The molecule has 0 spiro atoms. The summed E-state index contributed by atoms with van der Waals surface area (Å²) in [5.41, 5.74) is 1.70. The van der Waals surface area contributed by atoms with E-state index in [1.165, 1.54) is 23.5 Å². The summed E-state index contributed by atoms with van der Waals surface area (Å²) in [6.45, 7) is 3.74. The zero-order chi connectivity index (χ0) is 20.4. The van der Waals surface area contributed by atoms with Crippen molar-refractivity contribution in [3.05, 3.63) is 61.3 Å². The Morgan fingerprint density at radius 2 is 1.86 bits per heavy atom. The number of rotatable bonds is 4. The van der Waals surface area contributed by atoms with Gasteiger partial charge in [0.15, 0.2) is 4.80 Å². The Labute approximate surface area is 180 Å². The number of ether oxygens (including phenoxy) is 1. The van der Waals surface area contributed by atoms with Gasteiger partial charge in [-0.2, -0.15) is 4.99 Å². The Morgan fingerprint density at radius 1 is 1.14 bits per heavy atom. The average molecular weight is 458 g/mol. The number of halogens is 3. The second kappa shape index (κ2) is 8.66. The van der Waals surface area contributed by atoms with E-state index in [0.717, 1.165) is 15.8 Å². The highest BCUT2D eigenvalue weighted by atomic mass is 35.5. The lowest BCUT2D eigenvalue weighted by molar-refractivity contribution is -0.143. The van der Waals surface area contributed by atoms with Crippen molar-refractivity contribution in [2.75, 3.05) is 6.61 Å². The van der Waals surface area contributed by atoms with Crippen LogP contribution in [0, 0.1) is 6.92 Å². The van der Waals surface area contributed by atoms with Gasteiger partial charge < -0.3 is 9.30 Å². The Morgan fingerprint density at radius 3 is 2.57 bits per heavy atom. The lowest BCUT2D eigenvalue weighted by Gasteiger charge is -2.08. The van der Waals surface area contributed by atoms with Gasteiger partial charge >= 0.3 is 5.97 Å². The van der Waals surface area contributed by atoms with Gasteiger partial charge in [-0.3, -0.25) is 9.59 Å². The van der Waals surface area contributed by atoms with Crippen molar-refractivity contribution < 1.29 is 14.3 Å². The second-order valence-electron chi connectivity index (χ2n) is 5.84. The number of aryl methyl sites for hydroxylation is 1. The van der Waals surface area contributed by atoms with Gasteiger partial charge in [-0.1, -0.05) is 46.1 Å². The molecule has 0 N–H and O–H groups in total. The van der Waals surface area contributed by atoms with Gasteiger partial charge in [-0.05, 0) is 49.7 Å². The van der Waals surface area contributed by atoms with Crippen LogP contribution in [0.5, 0.6) is 0 Å². The van der Waals surface area contributed by atoms with Crippen molar-refractivity contribution in [2.24, 2.45) is 4.99 Å². The van der Waals surface area contributed by atoms with Crippen LogP contribution >= 0.6 is 46.1 Å². The molecule has 2 aromatic carbocycles. The Bertz CT molecular complexity index is 1150. The Hall–Kier alpha value is -1.86. The molecule has 0 aliphatic carbocycles. The number of thiazole rings is 1. The standard InChI is InChI=1S/C19H15Cl3N2O3S/c1-3-27-16(25)9-24-17-10(2)13(21)6-7-15(17)28-19(24)23-18(26)12-8-11(20)4-5-14(12)22/h4-8H,3,9H2,1-2H3. The zero-order valence-corrected chi connectivity index (χ0v) is 18.0. The molecule has 1 aromatic heterocycles. The predicted molar refractivity (Wildman–Crippen MR) is 113 cm³/mol. The molecule has 5 nitrogen and oxygen atoms in total. The quantitative estimate of drug-likeness (QED) is 0.501. The van der Waals surface area contributed by atoms with Crippen LogP contribution in [0.4, 0.5) is 0 Å². The maximum atomic E-state index is 12.7. The highest BCUT2D eigenvalue weighted by molar-refractivity contribution is 7.16. The van der Waals surface area contributed by atoms with E-state index in [4.69, 9.17) is 39.5 Å². The van der Waals surface area contributed by atoms with Crippen molar-refractivity contribution in [1.29, 1.82) is 0 Å². The van der Waals surface area contributed by atoms with E-state index in [2.05, 4.69) is 4.99 Å². The maximum absolute atomic E-state index is 12.7. The van der Waals surface area contributed by atoms with Crippen molar-refractivity contribution in [1.82, 2.24) is 4.57 Å². The summed E-state index contributed by atoms with van der Waals surface area (Å²) >= 11 is 19.6. The number of carbonyl (C=O) groups is 2. The first-order chi connectivity index (χ1) is 13.3. The molecule has 0 aliphatic rings. The third-order valence-corrected chi connectivity index (χ3v) is 6.00. The SMILES string of the molecule is CCOC(=O)Cn1c(=NC(=O)c2cc(Cl)ccc2Cl)sc2ccc(Cl)c(C)c21. The molecule has 146 valence electrons. The molecule has 0 radical (unpaired) electrons. The monoisotopic (exact) mass is 456 g/mol. The van der Waals surface area contributed by atoms with Crippen molar-refractivity contribution in [2.45, 2.75) is 20.4 Å². The molecule has 3 aromatic rings. The van der Waals surface area contributed by atoms with Crippen molar-refractivity contribution >= 4 is 68.2 Å². The van der Waals surface area contributed by atoms with Crippen LogP contribution in [0.15, 0.2) is 35.3 Å². The predicted octanol–water partition coefficient (Wildman–Crippen LogP) is 5.28. The summed E-state index contributed by atoms with van der Waals surface area (Å²) in [5, 5.41) is 1.18. The molecule has 0 saturated heterocycles. The largest absolute Gasteiger partial charge is 0.465 e. The first kappa shape index (κ1) is 20.9. The van der Waals surface area contributed by atoms with Gasteiger partial charge in [0.25, 0.3) is 5.91 Å². The van der Waals surface area contributed by atoms with E-state index in [1.54, 1.807) is 23.6 Å². The van der Waals surface area contributed by atoms with E-state index < -0.39 is 11.9 Å². The molecule has 3 rings (SSSR count). The Kier molecular flexibility index (Phi) is 6.45. The summed E-state index contributed by atoms with van der Waals surface area (Å²) in [6, 6.07) is 8.18. The summed E-state index contributed by atoms with van der Waals surface area (Å²) in [5.74, 6) is -0.989. The van der Waals surface area contributed by atoms with Crippen LogP contribution in [-0.2, 0) is 16.1 Å². The fourth-order valence-electron chi connectivity index (χ4n) is 2.69. The van der Waals surface area contributed by atoms with Gasteiger partial charge in [0, 0.05) is 10.0 Å². The minimum atomic E-state index is -0.555. The number of nitrogens with zero attached hydrogens (tertiary/aromatic N) is 2. The molecule has 1 amide bonds. The fraction of sp³-hybridized carbons (Fsp3) is 0.211. The summed E-state index contributed by atoms with van der Waals surface area (Å²) in [4.78, 5) is 29.4. The van der Waals surface area contributed by atoms with Gasteiger partial charge in [0.2, 0.25) is 0 Å². The molecule has 28 heavy (non-hydrogen) atoms. The van der Waals surface area contributed by atoms with E-state index in [9.17, 15) is 9.59 Å². The fourth-order valence-corrected chi connectivity index (χ4v) is 4.30. The molecule has 0 aliphatic heterocycles. The highest BCUT2D eigenvalue weighted by Crippen LogP contribution is 2.27. The van der Waals surface area contributed by atoms with E-state index in [0.29, 0.717) is 14.8 Å². The second-order valence-corrected chi connectivity index (χ2v) is 8.10. The van der Waals surface area contributed by atoms with Crippen LogP contribution < -0.4 is 4.80 Å². The maximum Gasteiger partial charge on any atom is 0.326 e. The lowest BCUT2D eigenvalue weighted by atomic mass is 10.2. The number of aromatic nitrogens is 1. The number of carbonyl (C=O) groups excluding carboxylic acids is 2. The number of benzene rings is 2. The highest BCUT2D eigenvalue weighted by Gasteiger charge is 2.17. The van der Waals surface area contributed by atoms with Crippen LogP contribution in [0.25, 0.3) is 10.2 Å². The minimum absolute atomic E-state index is 0.0928. The van der Waals surface area contributed by atoms with Crippen LogP contribution in [0.1, 0.15) is 22.8 Å². The van der Waals surface area contributed by atoms with Crippen LogP contribution in [-0.4, -0.2) is 23.1 Å². The number of amides is 1. The van der Waals surface area contributed by atoms with Gasteiger partial charge in [0.1, 0.15) is 6.54 Å². The van der Waals surface area contributed by atoms with Gasteiger partial charge in [0.05, 0.1) is 27.4 Å². The number of hydrogen-bond donors (Lipinski definition) is 0. The third kappa shape index (κ3) is 4.25. The average Bonchev–Trinajstić information content (AvgIpc) is 2.98. The molecule has 0 saturated carbocycles. The van der Waals surface area contributed by atoms with E-state index >= 15 is 0 Å². The van der Waals surface area contributed by atoms with E-state index in [1.807, 2.05) is 13.0 Å². The Balaban J connectivity index is 2.20. The zero-order valence-electron chi connectivity index (χ0n) is 15.0. The number of esters is 1. The third-order valence-electron chi connectivity index (χ3n) is 3.98. The molecule has 1 heterocycles. The van der Waals surface area contributed by atoms with E-state index in [-0.39, 0.29) is 23.7 Å². The smallest absolute Gasteiger partial charge is 0.326 e. The van der Waals surface area contributed by atoms with Crippen LogP contribution in [0.3, 0.4) is 0 Å². The molecule has 9 heteroatoms. The normalized spacial score (nSPS) is 11.8. The minimum Gasteiger partial charge on any atom is -0.465 e. The lowest BCUT2D eigenvalue weighted by Crippen LogP contribution is -2.23. The topological polar surface area (TPSA) is 60.7 Å². The molecule has 0 atom stereocenters.